The molecule has 18 heavy (non-hydrogen) atoms. The second kappa shape index (κ2) is 5.55. The standard InChI is InChI=1S/C14H18N2OS/c1-10-6-13(10)14(17)16(2)8-11-7-12(18-9-11)4-3-5-15/h7,9-10,13H,5-6,8,15H2,1-2H3. The number of rotatable bonds is 3. The van der Waals surface area contributed by atoms with Gasteiger partial charge in [-0.15, -0.1) is 11.3 Å². The number of hydrogen-bond acceptors (Lipinski definition) is 3. The van der Waals surface area contributed by atoms with Crippen molar-refractivity contribution in [3.8, 4) is 11.8 Å². The second-order valence-corrected chi connectivity index (χ2v) is 5.75. The van der Waals surface area contributed by atoms with Gasteiger partial charge in [0.25, 0.3) is 0 Å². The van der Waals surface area contributed by atoms with Gasteiger partial charge in [0.1, 0.15) is 0 Å². The molecule has 4 heteroatoms. The first-order valence-corrected chi connectivity index (χ1v) is 7.01. The van der Waals surface area contributed by atoms with Gasteiger partial charge in [0.2, 0.25) is 5.91 Å². The maximum atomic E-state index is 12.0. The molecule has 2 rings (SSSR count). The van der Waals surface area contributed by atoms with E-state index in [2.05, 4.69) is 24.1 Å². The van der Waals surface area contributed by atoms with Crippen LogP contribution in [0.1, 0.15) is 23.8 Å². The predicted octanol–water partition coefficient (Wildman–Crippen LogP) is 1.67. The largest absolute Gasteiger partial charge is 0.341 e. The molecule has 0 aromatic carbocycles. The highest BCUT2D eigenvalue weighted by Crippen LogP contribution is 2.39. The first kappa shape index (κ1) is 13.1. The van der Waals surface area contributed by atoms with Crippen LogP contribution in [0.2, 0.25) is 0 Å². The summed E-state index contributed by atoms with van der Waals surface area (Å²) in [4.78, 5) is 14.8. The van der Waals surface area contributed by atoms with Crippen LogP contribution in [-0.2, 0) is 11.3 Å². The second-order valence-electron chi connectivity index (χ2n) is 4.84. The summed E-state index contributed by atoms with van der Waals surface area (Å²) in [5, 5.41) is 2.06. The molecule has 1 aromatic heterocycles. The third-order valence-corrected chi connectivity index (χ3v) is 4.08. The van der Waals surface area contributed by atoms with Gasteiger partial charge < -0.3 is 10.6 Å². The van der Waals surface area contributed by atoms with E-state index in [0.717, 1.165) is 16.9 Å². The van der Waals surface area contributed by atoms with Crippen molar-refractivity contribution >= 4 is 17.2 Å². The van der Waals surface area contributed by atoms with Crippen LogP contribution in [0.5, 0.6) is 0 Å². The zero-order chi connectivity index (χ0) is 13.1. The average molecular weight is 262 g/mol. The highest BCUT2D eigenvalue weighted by Gasteiger charge is 2.40. The predicted molar refractivity (Wildman–Crippen MR) is 74.0 cm³/mol. The molecule has 3 nitrogen and oxygen atoms in total. The molecule has 0 radical (unpaired) electrons. The van der Waals surface area contributed by atoms with Gasteiger partial charge in [-0.05, 0) is 29.3 Å². The van der Waals surface area contributed by atoms with E-state index in [1.807, 2.05) is 18.0 Å². The van der Waals surface area contributed by atoms with Gasteiger partial charge in [0, 0.05) is 19.5 Å². The lowest BCUT2D eigenvalue weighted by molar-refractivity contribution is -0.132. The molecular formula is C14H18N2OS. The minimum Gasteiger partial charge on any atom is -0.341 e. The summed E-state index contributed by atoms with van der Waals surface area (Å²) in [6.45, 7) is 3.18. The van der Waals surface area contributed by atoms with E-state index in [4.69, 9.17) is 5.73 Å². The molecule has 1 amide bonds. The summed E-state index contributed by atoms with van der Waals surface area (Å²) in [5.74, 6) is 6.93. The van der Waals surface area contributed by atoms with Gasteiger partial charge in [0.05, 0.1) is 11.4 Å². The Kier molecular flexibility index (Phi) is 4.05. The highest BCUT2D eigenvalue weighted by atomic mass is 32.1. The van der Waals surface area contributed by atoms with E-state index in [1.54, 1.807) is 11.3 Å². The van der Waals surface area contributed by atoms with Crippen LogP contribution in [0.25, 0.3) is 0 Å². The Hall–Kier alpha value is -1.31. The Morgan fingerprint density at radius 3 is 3.00 bits per heavy atom. The highest BCUT2D eigenvalue weighted by molar-refractivity contribution is 7.10. The molecule has 2 N–H and O–H groups in total. The van der Waals surface area contributed by atoms with Crippen molar-refractivity contribution in [2.45, 2.75) is 19.9 Å². The minimum atomic E-state index is 0.255. The molecule has 0 saturated heterocycles. The van der Waals surface area contributed by atoms with Crippen molar-refractivity contribution in [3.05, 3.63) is 21.9 Å². The van der Waals surface area contributed by atoms with Gasteiger partial charge in [-0.2, -0.15) is 0 Å². The summed E-state index contributed by atoms with van der Waals surface area (Å²) in [6.07, 6.45) is 1.04. The van der Waals surface area contributed by atoms with Gasteiger partial charge in [-0.1, -0.05) is 18.8 Å². The fraction of sp³-hybridized carbons (Fsp3) is 0.500. The number of carbonyl (C=O) groups is 1. The Morgan fingerprint density at radius 2 is 2.39 bits per heavy atom. The molecule has 1 saturated carbocycles. The zero-order valence-electron chi connectivity index (χ0n) is 10.8. The van der Waals surface area contributed by atoms with E-state index in [0.29, 0.717) is 19.0 Å². The fourth-order valence-electron chi connectivity index (χ4n) is 1.96. The minimum absolute atomic E-state index is 0.255. The number of carbonyl (C=O) groups excluding carboxylic acids is 1. The van der Waals surface area contributed by atoms with Crippen LogP contribution < -0.4 is 5.73 Å². The lowest BCUT2D eigenvalue weighted by atomic mass is 10.2. The molecule has 96 valence electrons. The molecule has 1 aliphatic carbocycles. The molecule has 0 spiro atoms. The van der Waals surface area contributed by atoms with Crippen molar-refractivity contribution in [1.29, 1.82) is 0 Å². The van der Waals surface area contributed by atoms with Gasteiger partial charge >= 0.3 is 0 Å². The SMILES string of the molecule is CC1CC1C(=O)N(C)Cc1csc(C#CCN)c1. The summed E-state index contributed by atoms with van der Waals surface area (Å²) < 4.78 is 0. The molecule has 1 aromatic rings. The third kappa shape index (κ3) is 3.12. The normalized spacial score (nSPS) is 21.1. The number of thiophene rings is 1. The fourth-order valence-corrected chi connectivity index (χ4v) is 2.73. The van der Waals surface area contributed by atoms with Crippen LogP contribution in [0.4, 0.5) is 0 Å². The summed E-state index contributed by atoms with van der Waals surface area (Å²) in [6, 6.07) is 2.04. The van der Waals surface area contributed by atoms with Crippen LogP contribution in [0.15, 0.2) is 11.4 Å². The molecular weight excluding hydrogens is 244 g/mol. The van der Waals surface area contributed by atoms with E-state index >= 15 is 0 Å². The number of amides is 1. The Labute approximate surface area is 112 Å². The molecule has 1 heterocycles. The Morgan fingerprint density at radius 1 is 1.67 bits per heavy atom. The van der Waals surface area contributed by atoms with Crippen molar-refractivity contribution in [3.63, 3.8) is 0 Å². The first-order valence-electron chi connectivity index (χ1n) is 6.13. The van der Waals surface area contributed by atoms with Gasteiger partial charge in [0.15, 0.2) is 0 Å². The molecule has 1 aliphatic rings. The average Bonchev–Trinajstić information content (AvgIpc) is 2.91. The number of nitrogens with two attached hydrogens (primary N) is 1. The lowest BCUT2D eigenvalue weighted by Crippen LogP contribution is -2.27. The molecule has 2 atom stereocenters. The van der Waals surface area contributed by atoms with Crippen LogP contribution >= 0.6 is 11.3 Å². The van der Waals surface area contributed by atoms with Gasteiger partial charge in [-0.3, -0.25) is 4.79 Å². The van der Waals surface area contributed by atoms with Crippen molar-refractivity contribution in [2.75, 3.05) is 13.6 Å². The number of nitrogens with zero attached hydrogens (tertiary/aromatic N) is 1. The lowest BCUT2D eigenvalue weighted by Gasteiger charge is -2.16. The van der Waals surface area contributed by atoms with E-state index in [-0.39, 0.29) is 11.8 Å². The Bertz CT molecular complexity index is 497. The third-order valence-electron chi connectivity index (χ3n) is 3.19. The maximum absolute atomic E-state index is 12.0. The van der Waals surface area contributed by atoms with Crippen LogP contribution in [0.3, 0.4) is 0 Å². The summed E-state index contributed by atoms with van der Waals surface area (Å²) in [5.41, 5.74) is 6.48. The van der Waals surface area contributed by atoms with Crippen LogP contribution in [-0.4, -0.2) is 24.4 Å². The Balaban J connectivity index is 1.92. The maximum Gasteiger partial charge on any atom is 0.226 e. The first-order chi connectivity index (χ1) is 8.61. The quantitative estimate of drug-likeness (QED) is 0.842. The molecule has 1 fully saturated rings. The summed E-state index contributed by atoms with van der Waals surface area (Å²) in [7, 11) is 1.87. The van der Waals surface area contributed by atoms with E-state index in [1.165, 1.54) is 0 Å². The molecule has 2 unspecified atom stereocenters. The topological polar surface area (TPSA) is 46.3 Å². The monoisotopic (exact) mass is 262 g/mol. The number of hydrogen-bond donors (Lipinski definition) is 1. The molecule has 0 bridgehead atoms. The van der Waals surface area contributed by atoms with Crippen LogP contribution in [0, 0.1) is 23.7 Å². The van der Waals surface area contributed by atoms with Crippen molar-refractivity contribution in [2.24, 2.45) is 17.6 Å². The smallest absolute Gasteiger partial charge is 0.226 e. The van der Waals surface area contributed by atoms with E-state index in [9.17, 15) is 4.79 Å². The van der Waals surface area contributed by atoms with E-state index < -0.39 is 0 Å². The van der Waals surface area contributed by atoms with Gasteiger partial charge in [-0.25, -0.2) is 0 Å². The molecule has 0 aliphatic heterocycles. The summed E-state index contributed by atoms with van der Waals surface area (Å²) >= 11 is 1.60. The van der Waals surface area contributed by atoms with Crippen molar-refractivity contribution in [1.82, 2.24) is 4.90 Å². The zero-order valence-corrected chi connectivity index (χ0v) is 11.6. The van der Waals surface area contributed by atoms with Crippen molar-refractivity contribution < 1.29 is 4.79 Å².